The molecule has 1 saturated carbocycles. The molecule has 1 aliphatic rings. The van der Waals surface area contributed by atoms with Gasteiger partial charge in [-0.3, -0.25) is 9.59 Å². The van der Waals surface area contributed by atoms with Crippen LogP contribution in [0.5, 0.6) is 0 Å². The van der Waals surface area contributed by atoms with Crippen LogP contribution in [0.4, 0.5) is 4.39 Å². The van der Waals surface area contributed by atoms with Crippen molar-refractivity contribution >= 4 is 23.6 Å². The van der Waals surface area contributed by atoms with Gasteiger partial charge in [-0.15, -0.1) is 11.8 Å². The number of nitrogens with one attached hydrogen (secondary N) is 1. The van der Waals surface area contributed by atoms with Crippen molar-refractivity contribution in [3.63, 3.8) is 0 Å². The van der Waals surface area contributed by atoms with Crippen LogP contribution in [-0.2, 0) is 14.3 Å². The van der Waals surface area contributed by atoms with Gasteiger partial charge in [0.1, 0.15) is 5.82 Å². The highest BCUT2D eigenvalue weighted by Gasteiger charge is 2.23. The van der Waals surface area contributed by atoms with Gasteiger partial charge in [-0.25, -0.2) is 4.39 Å². The molecule has 6 heteroatoms. The highest BCUT2D eigenvalue weighted by molar-refractivity contribution is 7.99. The lowest BCUT2D eigenvalue weighted by Gasteiger charge is -2.29. The molecule has 0 aliphatic heterocycles. The third-order valence-electron chi connectivity index (χ3n) is 4.21. The van der Waals surface area contributed by atoms with Gasteiger partial charge in [0.05, 0.1) is 6.42 Å². The largest absolute Gasteiger partial charge is 0.456 e. The topological polar surface area (TPSA) is 55.4 Å². The molecule has 24 heavy (non-hydrogen) atoms. The molecule has 0 spiro atoms. The first-order chi connectivity index (χ1) is 11.5. The van der Waals surface area contributed by atoms with E-state index in [2.05, 4.69) is 12.2 Å². The Labute approximate surface area is 146 Å². The van der Waals surface area contributed by atoms with Crippen LogP contribution in [0.15, 0.2) is 29.2 Å². The van der Waals surface area contributed by atoms with Crippen LogP contribution in [0.3, 0.4) is 0 Å². The van der Waals surface area contributed by atoms with E-state index in [1.54, 1.807) is 12.1 Å². The second kappa shape index (κ2) is 9.67. The molecule has 1 N–H and O–H groups in total. The Morgan fingerprint density at radius 2 is 1.96 bits per heavy atom. The Balaban J connectivity index is 1.60. The molecule has 0 saturated heterocycles. The third-order valence-corrected chi connectivity index (χ3v) is 5.22. The predicted molar refractivity (Wildman–Crippen MR) is 92.3 cm³/mol. The van der Waals surface area contributed by atoms with Crippen LogP contribution in [0.2, 0.25) is 0 Å². The van der Waals surface area contributed by atoms with E-state index < -0.39 is 5.97 Å². The van der Waals surface area contributed by atoms with Crippen molar-refractivity contribution in [1.29, 1.82) is 0 Å². The summed E-state index contributed by atoms with van der Waals surface area (Å²) in [6, 6.07) is 6.31. The lowest BCUT2D eigenvalue weighted by molar-refractivity contribution is -0.148. The van der Waals surface area contributed by atoms with Crippen LogP contribution in [0.25, 0.3) is 0 Å². The smallest absolute Gasteiger partial charge is 0.307 e. The Morgan fingerprint density at radius 3 is 2.67 bits per heavy atom. The lowest BCUT2D eigenvalue weighted by Crippen LogP contribution is -2.42. The second-order valence-electron chi connectivity index (χ2n) is 6.15. The van der Waals surface area contributed by atoms with Gasteiger partial charge in [0.2, 0.25) is 0 Å². The number of ether oxygens (including phenoxy) is 1. The van der Waals surface area contributed by atoms with E-state index in [9.17, 15) is 14.0 Å². The van der Waals surface area contributed by atoms with Gasteiger partial charge in [-0.1, -0.05) is 19.8 Å². The minimum Gasteiger partial charge on any atom is -0.456 e. The van der Waals surface area contributed by atoms with E-state index in [0.29, 0.717) is 11.7 Å². The number of thioether (sulfide) groups is 1. The number of carbonyl (C=O) groups is 2. The molecule has 1 aliphatic carbocycles. The number of esters is 1. The number of hydrogen-bond donors (Lipinski definition) is 1. The Kier molecular flexibility index (Phi) is 7.56. The summed E-state index contributed by atoms with van der Waals surface area (Å²) in [6.45, 7) is 1.92. The SMILES string of the molecule is CC1CCCCC1NC(=O)COC(=O)CCSc1ccc(F)cc1. The van der Waals surface area contributed by atoms with Gasteiger partial charge >= 0.3 is 5.97 Å². The first kappa shape index (κ1) is 18.8. The zero-order valence-electron chi connectivity index (χ0n) is 13.9. The molecule has 0 heterocycles. The van der Waals surface area contributed by atoms with Crippen molar-refractivity contribution < 1.29 is 18.7 Å². The summed E-state index contributed by atoms with van der Waals surface area (Å²) >= 11 is 1.45. The minimum absolute atomic E-state index is 0.194. The first-order valence-corrected chi connectivity index (χ1v) is 9.36. The molecule has 4 nitrogen and oxygen atoms in total. The molecule has 1 fully saturated rings. The molecule has 2 unspecified atom stereocenters. The van der Waals surface area contributed by atoms with E-state index in [1.165, 1.54) is 30.3 Å². The van der Waals surface area contributed by atoms with E-state index >= 15 is 0 Å². The molecule has 132 valence electrons. The lowest BCUT2D eigenvalue weighted by atomic mass is 9.86. The molecule has 0 radical (unpaired) electrons. The van der Waals surface area contributed by atoms with Crippen molar-refractivity contribution in [2.45, 2.75) is 50.0 Å². The number of amides is 1. The number of hydrogen-bond acceptors (Lipinski definition) is 4. The summed E-state index contributed by atoms with van der Waals surface area (Å²) in [5.41, 5.74) is 0. The summed E-state index contributed by atoms with van der Waals surface area (Å²) in [5, 5.41) is 2.95. The Hall–Kier alpha value is -1.56. The van der Waals surface area contributed by atoms with Crippen molar-refractivity contribution in [1.82, 2.24) is 5.32 Å². The number of halogens is 1. The normalized spacial score (nSPS) is 20.4. The first-order valence-electron chi connectivity index (χ1n) is 8.38. The molecule has 0 bridgehead atoms. The summed E-state index contributed by atoms with van der Waals surface area (Å²) < 4.78 is 17.8. The van der Waals surface area contributed by atoms with Crippen LogP contribution in [0.1, 0.15) is 39.0 Å². The molecule has 0 aromatic heterocycles. The molecular weight excluding hydrogens is 329 g/mol. The number of rotatable bonds is 7. The number of carbonyl (C=O) groups excluding carboxylic acids is 2. The fourth-order valence-corrected chi connectivity index (χ4v) is 3.61. The Morgan fingerprint density at radius 1 is 1.25 bits per heavy atom. The quantitative estimate of drug-likeness (QED) is 0.602. The van der Waals surface area contributed by atoms with Gasteiger partial charge in [0.25, 0.3) is 5.91 Å². The van der Waals surface area contributed by atoms with Gasteiger partial charge in [-0.2, -0.15) is 0 Å². The average Bonchev–Trinajstić information content (AvgIpc) is 2.57. The summed E-state index contributed by atoms with van der Waals surface area (Å²) in [5.74, 6) is 0.110. The van der Waals surface area contributed by atoms with Gasteiger partial charge in [-0.05, 0) is 43.0 Å². The van der Waals surface area contributed by atoms with Crippen LogP contribution in [0, 0.1) is 11.7 Å². The van der Waals surface area contributed by atoms with Crippen molar-refractivity contribution in [3.8, 4) is 0 Å². The van der Waals surface area contributed by atoms with Gasteiger partial charge < -0.3 is 10.1 Å². The minimum atomic E-state index is -0.392. The van der Waals surface area contributed by atoms with Crippen LogP contribution in [-0.4, -0.2) is 30.3 Å². The summed E-state index contributed by atoms with van der Waals surface area (Å²) in [7, 11) is 0. The van der Waals surface area contributed by atoms with Crippen molar-refractivity contribution in [2.24, 2.45) is 5.92 Å². The fourth-order valence-electron chi connectivity index (χ4n) is 2.78. The fraction of sp³-hybridized carbons (Fsp3) is 0.556. The van der Waals surface area contributed by atoms with Gasteiger partial charge in [0.15, 0.2) is 6.61 Å². The van der Waals surface area contributed by atoms with E-state index in [4.69, 9.17) is 4.74 Å². The molecule has 1 aromatic carbocycles. The van der Waals surface area contributed by atoms with Gasteiger partial charge in [0, 0.05) is 16.7 Å². The Bertz CT molecular complexity index is 550. The maximum absolute atomic E-state index is 12.8. The molecular formula is C18H24FNO3S. The predicted octanol–water partition coefficient (Wildman–Crippen LogP) is 3.55. The zero-order chi connectivity index (χ0) is 17.4. The average molecular weight is 353 g/mol. The maximum Gasteiger partial charge on any atom is 0.307 e. The molecule has 1 aromatic rings. The highest BCUT2D eigenvalue weighted by atomic mass is 32.2. The molecule has 1 amide bonds. The monoisotopic (exact) mass is 353 g/mol. The van der Waals surface area contributed by atoms with Crippen molar-refractivity contribution in [2.75, 3.05) is 12.4 Å². The summed E-state index contributed by atoms with van der Waals surface area (Å²) in [4.78, 5) is 24.4. The highest BCUT2D eigenvalue weighted by Crippen LogP contribution is 2.23. The third kappa shape index (κ3) is 6.51. The molecule has 2 atom stereocenters. The van der Waals surface area contributed by atoms with Crippen LogP contribution >= 0.6 is 11.8 Å². The number of benzene rings is 1. The van der Waals surface area contributed by atoms with E-state index in [-0.39, 0.29) is 30.8 Å². The zero-order valence-corrected chi connectivity index (χ0v) is 14.7. The van der Waals surface area contributed by atoms with Crippen LogP contribution < -0.4 is 5.32 Å². The van der Waals surface area contributed by atoms with E-state index in [0.717, 1.165) is 24.2 Å². The maximum atomic E-state index is 12.8. The second-order valence-corrected chi connectivity index (χ2v) is 7.32. The summed E-state index contributed by atoms with van der Waals surface area (Å²) in [6.07, 6.45) is 4.69. The van der Waals surface area contributed by atoms with Crippen molar-refractivity contribution in [3.05, 3.63) is 30.1 Å². The standard InChI is InChI=1S/C18H24FNO3S/c1-13-4-2-3-5-16(13)20-17(21)12-23-18(22)10-11-24-15-8-6-14(19)7-9-15/h6-9,13,16H,2-5,10-12H2,1H3,(H,20,21). The molecule has 2 rings (SSSR count). The van der Waals surface area contributed by atoms with E-state index in [1.807, 2.05) is 0 Å².